The van der Waals surface area contributed by atoms with Gasteiger partial charge in [0.15, 0.2) is 0 Å². The van der Waals surface area contributed by atoms with Crippen LogP contribution in [-0.2, 0) is 46.3 Å². The smallest absolute Gasteiger partial charge is 0.294 e. The van der Waals surface area contributed by atoms with Gasteiger partial charge in [-0.1, -0.05) is 42.5 Å². The monoisotopic (exact) mass is 661 g/mol. The third kappa shape index (κ3) is 4.73. The first-order chi connectivity index (χ1) is 22.4. The van der Waals surface area contributed by atoms with Crippen molar-refractivity contribution in [1.29, 1.82) is 0 Å². The summed E-state index contributed by atoms with van der Waals surface area (Å²) < 4.78 is 37.9. The van der Waals surface area contributed by atoms with Crippen molar-refractivity contribution in [2.24, 2.45) is 5.92 Å². The minimum Gasteiger partial charge on any atom is -0.361 e. The number of piperazine rings is 1. The van der Waals surface area contributed by atoms with Crippen LogP contribution < -0.4 is 5.32 Å². The summed E-state index contributed by atoms with van der Waals surface area (Å²) in [6, 6.07) is 13.7. The normalized spacial score (nSPS) is 33.6. The highest BCUT2D eigenvalue weighted by atomic mass is 32.2. The van der Waals surface area contributed by atoms with Crippen LogP contribution in [0.4, 0.5) is 0 Å². The Morgan fingerprint density at radius 3 is 2.70 bits per heavy atom. The zero-order valence-electron chi connectivity index (χ0n) is 26.6. The van der Waals surface area contributed by atoms with Crippen LogP contribution in [0.3, 0.4) is 0 Å². The van der Waals surface area contributed by atoms with Crippen molar-refractivity contribution in [3.05, 3.63) is 71.4 Å². The number of aromatic nitrogens is 1. The summed E-state index contributed by atoms with van der Waals surface area (Å²) in [7, 11) is -2.17. The van der Waals surface area contributed by atoms with Crippen molar-refractivity contribution in [3.8, 4) is 0 Å². The maximum absolute atomic E-state index is 14.6. The summed E-state index contributed by atoms with van der Waals surface area (Å²) in [6.45, 7) is 2.29. The number of benzene rings is 2. The van der Waals surface area contributed by atoms with Gasteiger partial charge in [-0.2, -0.15) is 8.42 Å². The van der Waals surface area contributed by atoms with Gasteiger partial charge in [-0.25, -0.2) is 4.18 Å². The maximum Gasteiger partial charge on any atom is 0.294 e. The number of carbonyl (C=O) groups is 3. The Labute approximate surface area is 273 Å². The van der Waals surface area contributed by atoms with Crippen LogP contribution in [0, 0.1) is 5.92 Å². The molecule has 0 saturated carbocycles. The molecule has 2 aromatic carbocycles. The third-order valence-electron chi connectivity index (χ3n) is 10.9. The second-order valence-electron chi connectivity index (χ2n) is 13.9. The molecule has 12 nitrogen and oxygen atoms in total. The molecular weight excluding hydrogens is 622 g/mol. The number of hydrogen-bond donors (Lipinski definition) is 2. The SMILES string of the molecule is CN1C[C@H](C(=O)N[C@]2(C)O[C@@]3(OS(C)(=O)=O)[C@@H]4CCCN4C(=O)[C@H](Cc4ccccc4)N3C2=O)C[C@H]2c3cccc4[nH]cc(c34)C[C@H]21. The van der Waals surface area contributed by atoms with Crippen LogP contribution in [0.15, 0.2) is 54.7 Å². The largest absolute Gasteiger partial charge is 0.361 e. The molecule has 0 bridgehead atoms. The molecular formula is C34H39N5O7S. The zero-order valence-corrected chi connectivity index (χ0v) is 27.5. The molecule has 0 radical (unpaired) electrons. The van der Waals surface area contributed by atoms with Gasteiger partial charge in [0, 0.05) is 48.6 Å². The molecule has 8 rings (SSSR count). The van der Waals surface area contributed by atoms with Crippen LogP contribution in [0.5, 0.6) is 0 Å². The number of ether oxygens (including phenoxy) is 1. The van der Waals surface area contributed by atoms with Crippen LogP contribution in [0.1, 0.15) is 48.8 Å². The van der Waals surface area contributed by atoms with E-state index in [1.54, 1.807) is 4.90 Å². The average Bonchev–Trinajstić information content (AvgIpc) is 3.73. The first-order valence-electron chi connectivity index (χ1n) is 16.3. The summed E-state index contributed by atoms with van der Waals surface area (Å²) in [5, 5.41) is 4.10. The number of nitrogens with zero attached hydrogens (tertiary/aromatic N) is 3. The van der Waals surface area contributed by atoms with E-state index in [-0.39, 0.29) is 30.2 Å². The predicted octanol–water partition coefficient (Wildman–Crippen LogP) is 2.07. The molecule has 4 aliphatic heterocycles. The molecule has 13 heteroatoms. The number of likely N-dealkylation sites (N-methyl/N-ethyl adjacent to an activating group) is 1. The highest BCUT2D eigenvalue weighted by molar-refractivity contribution is 7.86. The van der Waals surface area contributed by atoms with Crippen LogP contribution >= 0.6 is 0 Å². The summed E-state index contributed by atoms with van der Waals surface area (Å²) in [4.78, 5) is 51.1. The van der Waals surface area contributed by atoms with E-state index in [0.717, 1.165) is 28.7 Å². The van der Waals surface area contributed by atoms with Gasteiger partial charge in [-0.3, -0.25) is 24.0 Å². The van der Waals surface area contributed by atoms with E-state index in [0.29, 0.717) is 32.4 Å². The van der Waals surface area contributed by atoms with E-state index >= 15 is 0 Å². The molecule has 3 aromatic rings. The van der Waals surface area contributed by atoms with Gasteiger partial charge in [-0.05, 0) is 62.4 Å². The molecule has 4 fully saturated rings. The van der Waals surface area contributed by atoms with E-state index in [1.165, 1.54) is 23.4 Å². The second-order valence-corrected chi connectivity index (χ2v) is 15.5. The van der Waals surface area contributed by atoms with Crippen molar-refractivity contribution in [2.45, 2.75) is 74.7 Å². The number of piperidine rings is 1. The van der Waals surface area contributed by atoms with Crippen LogP contribution in [0.2, 0.25) is 0 Å². The van der Waals surface area contributed by atoms with Crippen molar-refractivity contribution < 1.29 is 31.7 Å². The molecule has 0 unspecified atom stereocenters. The highest BCUT2D eigenvalue weighted by Crippen LogP contribution is 2.49. The first kappa shape index (κ1) is 30.5. The predicted molar refractivity (Wildman–Crippen MR) is 171 cm³/mol. The Bertz CT molecular complexity index is 1900. The van der Waals surface area contributed by atoms with Crippen molar-refractivity contribution >= 4 is 38.7 Å². The fourth-order valence-electron chi connectivity index (χ4n) is 8.95. The van der Waals surface area contributed by atoms with E-state index in [9.17, 15) is 22.8 Å². The number of rotatable bonds is 6. The molecule has 7 atom stereocenters. The van der Waals surface area contributed by atoms with Crippen molar-refractivity contribution in [2.75, 3.05) is 26.4 Å². The lowest BCUT2D eigenvalue weighted by Crippen LogP contribution is -2.72. The van der Waals surface area contributed by atoms with Gasteiger partial charge in [0.25, 0.3) is 21.9 Å². The van der Waals surface area contributed by atoms with Gasteiger partial charge in [0.2, 0.25) is 17.5 Å². The zero-order chi connectivity index (χ0) is 32.9. The topological polar surface area (TPSA) is 141 Å². The van der Waals surface area contributed by atoms with Crippen molar-refractivity contribution in [1.82, 2.24) is 25.0 Å². The summed E-state index contributed by atoms with van der Waals surface area (Å²) in [6.07, 6.45) is 5.51. The Morgan fingerprint density at radius 2 is 1.94 bits per heavy atom. The number of aromatic amines is 1. The fourth-order valence-corrected chi connectivity index (χ4v) is 9.61. The molecule has 0 spiro atoms. The van der Waals surface area contributed by atoms with Gasteiger partial charge in [-0.15, -0.1) is 0 Å². The molecule has 3 amide bonds. The lowest BCUT2D eigenvalue weighted by molar-refractivity contribution is -0.297. The number of nitrogens with one attached hydrogen (secondary N) is 2. The Kier molecular flexibility index (Phi) is 6.90. The lowest BCUT2D eigenvalue weighted by Gasteiger charge is -2.50. The lowest BCUT2D eigenvalue weighted by atomic mass is 9.72. The maximum atomic E-state index is 14.6. The minimum atomic E-state index is -4.20. The fraction of sp³-hybridized carbons (Fsp3) is 0.500. The number of H-pyrrole nitrogens is 1. The first-order valence-corrected chi connectivity index (χ1v) is 18.1. The van der Waals surface area contributed by atoms with Gasteiger partial charge < -0.3 is 20.1 Å². The summed E-state index contributed by atoms with van der Waals surface area (Å²) in [5.74, 6) is -3.88. The van der Waals surface area contributed by atoms with E-state index in [2.05, 4.69) is 33.5 Å². The van der Waals surface area contributed by atoms with E-state index < -0.39 is 45.7 Å². The van der Waals surface area contributed by atoms with E-state index in [1.807, 2.05) is 43.4 Å². The summed E-state index contributed by atoms with van der Waals surface area (Å²) in [5.41, 5.74) is 2.37. The van der Waals surface area contributed by atoms with Gasteiger partial charge >= 0.3 is 0 Å². The van der Waals surface area contributed by atoms with Crippen LogP contribution in [-0.4, -0.2) is 102 Å². The quantitative estimate of drug-likeness (QED) is 0.383. The van der Waals surface area contributed by atoms with E-state index in [4.69, 9.17) is 8.92 Å². The Balaban J connectivity index is 1.13. The average molecular weight is 662 g/mol. The molecule has 248 valence electrons. The summed E-state index contributed by atoms with van der Waals surface area (Å²) >= 11 is 0. The molecule has 1 aromatic heterocycles. The molecule has 2 N–H and O–H groups in total. The minimum absolute atomic E-state index is 0.107. The Morgan fingerprint density at radius 1 is 1.15 bits per heavy atom. The number of carbonyl (C=O) groups excluding carboxylic acids is 3. The number of fused-ring (bicyclic) bond motifs is 5. The standard InChI is InChI=1S/C34H39N5O7S/c1-33(36-30(40)22-16-24-23-11-7-12-25-29(23)21(18-35-25)17-26(24)37(2)19-22)32(42)39-27(15-20-9-5-4-6-10-20)31(41)38-14-8-13-28(38)34(39,45-33)46-47(3,43)44/h4-7,9-12,18,22,24,26-28,35H,8,13-17,19H2,1-3H3,(H,36,40)/t22-,24+,26-,27+,28+,33-,34-/m1/s1. The number of hydrogen-bond acceptors (Lipinski definition) is 8. The number of amides is 3. The third-order valence-corrected chi connectivity index (χ3v) is 11.4. The van der Waals surface area contributed by atoms with Crippen LogP contribution in [0.25, 0.3) is 10.9 Å². The van der Waals surface area contributed by atoms with Gasteiger partial charge in [0.05, 0.1) is 12.2 Å². The number of likely N-dealkylation sites (tertiary alicyclic amines) is 1. The molecule has 5 heterocycles. The molecule has 1 aliphatic carbocycles. The second kappa shape index (κ2) is 10.6. The van der Waals surface area contributed by atoms with Crippen molar-refractivity contribution in [3.63, 3.8) is 0 Å². The molecule has 5 aliphatic rings. The Hall–Kier alpha value is -3.78. The molecule has 4 saturated heterocycles. The molecule has 47 heavy (non-hydrogen) atoms. The van der Waals surface area contributed by atoms with Gasteiger partial charge in [0.1, 0.15) is 12.1 Å². The highest BCUT2D eigenvalue weighted by Gasteiger charge is 2.72.